The molecule has 0 bridgehead atoms. The van der Waals surface area contributed by atoms with Gasteiger partial charge in [0, 0.05) is 13.6 Å². The monoisotopic (exact) mass is 203 g/mol. The molecular formula is C10H18ClNO. The molecule has 3 heteroatoms. The van der Waals surface area contributed by atoms with Crippen molar-refractivity contribution in [1.82, 2.24) is 4.90 Å². The zero-order chi connectivity index (χ0) is 9.68. The molecule has 1 aliphatic rings. The standard InChI is InChI=1S/C10H18ClNO/c1-12(10(13)8-11)7-6-9-4-2-3-5-9/h9H,2-8H2,1H3. The van der Waals surface area contributed by atoms with Gasteiger partial charge in [0.1, 0.15) is 5.88 Å². The summed E-state index contributed by atoms with van der Waals surface area (Å²) in [4.78, 5) is 12.9. The summed E-state index contributed by atoms with van der Waals surface area (Å²) in [5, 5.41) is 0. The van der Waals surface area contributed by atoms with Gasteiger partial charge in [-0.05, 0) is 12.3 Å². The molecule has 0 aromatic rings. The van der Waals surface area contributed by atoms with Crippen molar-refractivity contribution in [2.45, 2.75) is 32.1 Å². The smallest absolute Gasteiger partial charge is 0.237 e. The van der Waals surface area contributed by atoms with Gasteiger partial charge in [-0.1, -0.05) is 25.7 Å². The molecular weight excluding hydrogens is 186 g/mol. The Bertz CT molecular complexity index is 166. The highest BCUT2D eigenvalue weighted by Crippen LogP contribution is 2.27. The summed E-state index contributed by atoms with van der Waals surface area (Å²) in [5.74, 6) is 1.01. The Morgan fingerprint density at radius 2 is 2.08 bits per heavy atom. The highest BCUT2D eigenvalue weighted by atomic mass is 35.5. The Morgan fingerprint density at radius 1 is 1.46 bits per heavy atom. The van der Waals surface area contributed by atoms with Gasteiger partial charge in [0.2, 0.25) is 5.91 Å². The number of hydrogen-bond donors (Lipinski definition) is 0. The fourth-order valence-electron chi connectivity index (χ4n) is 1.90. The average molecular weight is 204 g/mol. The fraction of sp³-hybridized carbons (Fsp3) is 0.900. The van der Waals surface area contributed by atoms with E-state index in [1.807, 2.05) is 7.05 Å². The number of alkyl halides is 1. The van der Waals surface area contributed by atoms with E-state index in [1.54, 1.807) is 4.90 Å². The van der Waals surface area contributed by atoms with Gasteiger partial charge in [0.05, 0.1) is 0 Å². The van der Waals surface area contributed by atoms with E-state index in [-0.39, 0.29) is 11.8 Å². The molecule has 1 amide bonds. The Morgan fingerprint density at radius 3 is 2.62 bits per heavy atom. The van der Waals surface area contributed by atoms with Crippen LogP contribution in [-0.2, 0) is 4.79 Å². The highest BCUT2D eigenvalue weighted by Gasteiger charge is 2.16. The van der Waals surface area contributed by atoms with E-state index in [1.165, 1.54) is 25.7 Å². The van der Waals surface area contributed by atoms with E-state index >= 15 is 0 Å². The van der Waals surface area contributed by atoms with Crippen LogP contribution in [0.3, 0.4) is 0 Å². The minimum atomic E-state index is 0.0414. The van der Waals surface area contributed by atoms with Gasteiger partial charge in [-0.15, -0.1) is 11.6 Å². The van der Waals surface area contributed by atoms with E-state index in [0.717, 1.165) is 18.9 Å². The molecule has 0 unspecified atom stereocenters. The molecule has 1 saturated carbocycles. The summed E-state index contributed by atoms with van der Waals surface area (Å²) in [6, 6.07) is 0. The first-order valence-corrected chi connectivity index (χ1v) is 5.57. The molecule has 13 heavy (non-hydrogen) atoms. The Hall–Kier alpha value is -0.240. The molecule has 0 spiro atoms. The lowest BCUT2D eigenvalue weighted by Gasteiger charge is -2.17. The molecule has 0 aromatic heterocycles. The summed E-state index contributed by atoms with van der Waals surface area (Å²) in [6.07, 6.45) is 6.60. The van der Waals surface area contributed by atoms with Crippen LogP contribution < -0.4 is 0 Å². The van der Waals surface area contributed by atoms with Crippen molar-refractivity contribution < 1.29 is 4.79 Å². The second kappa shape index (κ2) is 5.48. The summed E-state index contributed by atoms with van der Waals surface area (Å²) in [5.41, 5.74) is 0. The highest BCUT2D eigenvalue weighted by molar-refractivity contribution is 6.27. The lowest BCUT2D eigenvalue weighted by atomic mass is 10.0. The molecule has 0 atom stereocenters. The summed E-state index contributed by atoms with van der Waals surface area (Å²) < 4.78 is 0. The van der Waals surface area contributed by atoms with E-state index in [2.05, 4.69) is 0 Å². The predicted molar refractivity (Wildman–Crippen MR) is 54.9 cm³/mol. The lowest BCUT2D eigenvalue weighted by molar-refractivity contribution is -0.127. The van der Waals surface area contributed by atoms with Crippen LogP contribution in [-0.4, -0.2) is 30.3 Å². The van der Waals surface area contributed by atoms with Crippen LogP contribution in [0.4, 0.5) is 0 Å². The van der Waals surface area contributed by atoms with Crippen LogP contribution >= 0.6 is 11.6 Å². The zero-order valence-electron chi connectivity index (χ0n) is 8.26. The third-order valence-corrected chi connectivity index (χ3v) is 3.12. The van der Waals surface area contributed by atoms with Gasteiger partial charge < -0.3 is 4.90 Å². The SMILES string of the molecule is CN(CCC1CCCC1)C(=O)CCl. The van der Waals surface area contributed by atoms with Crippen LogP contribution in [0.15, 0.2) is 0 Å². The Labute approximate surface area is 85.2 Å². The van der Waals surface area contributed by atoms with E-state index in [0.29, 0.717) is 0 Å². The van der Waals surface area contributed by atoms with Crippen molar-refractivity contribution in [3.8, 4) is 0 Å². The summed E-state index contributed by atoms with van der Waals surface area (Å²) >= 11 is 5.45. The predicted octanol–water partition coefficient (Wildman–Crippen LogP) is 2.26. The first kappa shape index (κ1) is 10.8. The van der Waals surface area contributed by atoms with Gasteiger partial charge in [-0.2, -0.15) is 0 Å². The van der Waals surface area contributed by atoms with Gasteiger partial charge in [-0.3, -0.25) is 4.79 Å². The number of halogens is 1. The van der Waals surface area contributed by atoms with Gasteiger partial charge in [0.15, 0.2) is 0 Å². The lowest BCUT2D eigenvalue weighted by Crippen LogP contribution is -2.29. The molecule has 76 valence electrons. The number of carbonyl (C=O) groups excluding carboxylic acids is 1. The second-order valence-corrected chi connectivity index (χ2v) is 4.16. The van der Waals surface area contributed by atoms with Crippen LogP contribution in [0.1, 0.15) is 32.1 Å². The van der Waals surface area contributed by atoms with Crippen molar-refractivity contribution in [3.63, 3.8) is 0 Å². The molecule has 0 aromatic carbocycles. The number of hydrogen-bond acceptors (Lipinski definition) is 1. The first-order chi connectivity index (χ1) is 6.24. The maximum atomic E-state index is 11.1. The summed E-state index contributed by atoms with van der Waals surface area (Å²) in [6.45, 7) is 0.871. The molecule has 0 aliphatic heterocycles. The molecule has 2 nitrogen and oxygen atoms in total. The normalized spacial score (nSPS) is 17.7. The number of amides is 1. The van der Waals surface area contributed by atoms with Crippen molar-refractivity contribution in [1.29, 1.82) is 0 Å². The van der Waals surface area contributed by atoms with Crippen LogP contribution in [0.5, 0.6) is 0 Å². The number of nitrogens with zero attached hydrogens (tertiary/aromatic N) is 1. The molecule has 0 N–H and O–H groups in total. The van der Waals surface area contributed by atoms with Crippen LogP contribution in [0, 0.1) is 5.92 Å². The van der Waals surface area contributed by atoms with Crippen molar-refractivity contribution in [2.24, 2.45) is 5.92 Å². The van der Waals surface area contributed by atoms with Gasteiger partial charge >= 0.3 is 0 Å². The third-order valence-electron chi connectivity index (χ3n) is 2.89. The minimum Gasteiger partial charge on any atom is -0.345 e. The molecule has 0 radical (unpaired) electrons. The third kappa shape index (κ3) is 3.55. The maximum absolute atomic E-state index is 11.1. The number of rotatable bonds is 4. The fourth-order valence-corrected chi connectivity index (χ4v) is 2.11. The first-order valence-electron chi connectivity index (χ1n) is 5.04. The van der Waals surface area contributed by atoms with E-state index in [4.69, 9.17) is 11.6 Å². The molecule has 1 fully saturated rings. The van der Waals surface area contributed by atoms with Gasteiger partial charge in [0.25, 0.3) is 0 Å². The molecule has 0 saturated heterocycles. The zero-order valence-corrected chi connectivity index (χ0v) is 9.02. The molecule has 1 rings (SSSR count). The van der Waals surface area contributed by atoms with Gasteiger partial charge in [-0.25, -0.2) is 0 Å². The topological polar surface area (TPSA) is 20.3 Å². The maximum Gasteiger partial charge on any atom is 0.237 e. The summed E-state index contributed by atoms with van der Waals surface area (Å²) in [7, 11) is 1.83. The minimum absolute atomic E-state index is 0.0414. The average Bonchev–Trinajstić information content (AvgIpc) is 2.65. The number of carbonyl (C=O) groups is 1. The molecule has 1 aliphatic carbocycles. The quantitative estimate of drug-likeness (QED) is 0.642. The van der Waals surface area contributed by atoms with E-state index < -0.39 is 0 Å². The Kier molecular flexibility index (Phi) is 4.57. The van der Waals surface area contributed by atoms with Crippen LogP contribution in [0.2, 0.25) is 0 Å². The second-order valence-electron chi connectivity index (χ2n) is 3.89. The van der Waals surface area contributed by atoms with Crippen molar-refractivity contribution in [3.05, 3.63) is 0 Å². The van der Waals surface area contributed by atoms with Crippen LogP contribution in [0.25, 0.3) is 0 Å². The Balaban J connectivity index is 2.13. The van der Waals surface area contributed by atoms with Crippen molar-refractivity contribution in [2.75, 3.05) is 19.5 Å². The largest absolute Gasteiger partial charge is 0.345 e. The van der Waals surface area contributed by atoms with Crippen molar-refractivity contribution >= 4 is 17.5 Å². The van der Waals surface area contributed by atoms with E-state index in [9.17, 15) is 4.79 Å². The molecule has 0 heterocycles.